The summed E-state index contributed by atoms with van der Waals surface area (Å²) in [4.78, 5) is 0. The molecule has 1 aliphatic carbocycles. The summed E-state index contributed by atoms with van der Waals surface area (Å²) in [5.41, 5.74) is 5.19. The first kappa shape index (κ1) is 9.17. The maximum atomic E-state index is 5.19. The normalized spacial score (nSPS) is 16.1. The van der Waals surface area contributed by atoms with Crippen LogP contribution in [0.3, 0.4) is 0 Å². The minimum absolute atomic E-state index is 0.415. The quantitative estimate of drug-likeness (QED) is 0.580. The predicted octanol–water partition coefficient (Wildman–Crippen LogP) is 1.53. The van der Waals surface area contributed by atoms with Crippen LogP contribution in [0.1, 0.15) is 32.1 Å². The lowest BCUT2D eigenvalue weighted by molar-refractivity contribution is 0.567. The third kappa shape index (κ3) is 3.46. The van der Waals surface area contributed by atoms with Gasteiger partial charge in [0.05, 0.1) is 6.54 Å². The number of nitrogens with two attached hydrogens (primary N) is 1. The number of hydrogen-bond acceptors (Lipinski definition) is 1. The molecule has 64 valence electrons. The third-order valence-electron chi connectivity index (χ3n) is 2.21. The van der Waals surface area contributed by atoms with Crippen LogP contribution in [0.5, 0.6) is 0 Å². The van der Waals surface area contributed by atoms with E-state index in [4.69, 9.17) is 5.73 Å². The monoisotopic (exact) mass is 161 g/mol. The van der Waals surface area contributed by atoms with Crippen LogP contribution in [0.2, 0.25) is 0 Å². The van der Waals surface area contributed by atoms with Crippen molar-refractivity contribution in [1.29, 1.82) is 0 Å². The lowest BCUT2D eigenvalue weighted by atomic mass is 10.1. The van der Waals surface area contributed by atoms with E-state index in [2.05, 4.69) is 23.7 Å². The Labute approximate surface area is 74.7 Å². The number of rotatable bonds is 1. The molecule has 0 aliphatic heterocycles. The lowest BCUT2D eigenvalue weighted by Crippen LogP contribution is -1.92. The maximum absolute atomic E-state index is 5.19. The molecule has 1 aliphatic rings. The lowest BCUT2D eigenvalue weighted by Gasteiger charge is -1.99. The summed E-state index contributed by atoms with van der Waals surface area (Å²) in [7, 11) is 0. The maximum Gasteiger partial charge on any atom is 0.0561 e. The van der Waals surface area contributed by atoms with E-state index < -0.39 is 0 Å². The zero-order chi connectivity index (χ0) is 8.65. The Morgan fingerprint density at radius 2 is 1.75 bits per heavy atom. The van der Waals surface area contributed by atoms with Gasteiger partial charge in [0.1, 0.15) is 0 Å². The first-order chi connectivity index (χ1) is 5.93. The highest BCUT2D eigenvalue weighted by Gasteiger charge is 2.12. The van der Waals surface area contributed by atoms with Crippen LogP contribution < -0.4 is 5.73 Å². The molecule has 0 atom stereocenters. The average Bonchev–Trinajstić information content (AvgIpc) is 2.57. The molecule has 0 aromatic carbocycles. The second-order valence-corrected chi connectivity index (χ2v) is 3.16. The van der Waals surface area contributed by atoms with Crippen molar-refractivity contribution in [1.82, 2.24) is 0 Å². The van der Waals surface area contributed by atoms with Crippen molar-refractivity contribution in [3.63, 3.8) is 0 Å². The minimum atomic E-state index is 0.415. The van der Waals surface area contributed by atoms with Gasteiger partial charge < -0.3 is 5.73 Å². The summed E-state index contributed by atoms with van der Waals surface area (Å²) in [5.74, 6) is 12.2. The molecule has 0 saturated heterocycles. The molecule has 1 heteroatoms. The largest absolute Gasteiger partial charge is 0.320 e. The first-order valence-corrected chi connectivity index (χ1v) is 4.59. The molecule has 0 radical (unpaired) electrons. The smallest absolute Gasteiger partial charge is 0.0561 e. The van der Waals surface area contributed by atoms with E-state index in [9.17, 15) is 0 Å². The Morgan fingerprint density at radius 1 is 1.08 bits per heavy atom. The molecule has 1 fully saturated rings. The Morgan fingerprint density at radius 3 is 2.42 bits per heavy atom. The van der Waals surface area contributed by atoms with E-state index in [0.29, 0.717) is 6.54 Å². The Hall–Kier alpha value is -0.920. The Kier molecular flexibility index (Phi) is 4.35. The van der Waals surface area contributed by atoms with Crippen LogP contribution in [0, 0.1) is 29.6 Å². The van der Waals surface area contributed by atoms with Gasteiger partial charge in [-0.15, -0.1) is 0 Å². The molecular weight excluding hydrogens is 146 g/mol. The van der Waals surface area contributed by atoms with Gasteiger partial charge in [-0.3, -0.25) is 0 Å². The fraction of sp³-hybridized carbons (Fsp3) is 0.636. The van der Waals surface area contributed by atoms with Crippen LogP contribution in [-0.4, -0.2) is 6.54 Å². The average molecular weight is 161 g/mol. The Bertz CT molecular complexity index is 227. The molecule has 1 saturated carbocycles. The highest BCUT2D eigenvalue weighted by atomic mass is 14.5. The molecule has 0 aromatic heterocycles. The van der Waals surface area contributed by atoms with Gasteiger partial charge in [-0.1, -0.05) is 24.7 Å². The van der Waals surface area contributed by atoms with Gasteiger partial charge in [-0.05, 0) is 30.6 Å². The first-order valence-electron chi connectivity index (χ1n) is 4.59. The van der Waals surface area contributed by atoms with E-state index in [-0.39, 0.29) is 0 Å². The van der Waals surface area contributed by atoms with Gasteiger partial charge in [-0.2, -0.15) is 0 Å². The summed E-state index contributed by atoms with van der Waals surface area (Å²) in [6.07, 6.45) is 6.53. The van der Waals surface area contributed by atoms with E-state index in [0.717, 1.165) is 12.3 Å². The summed E-state index contributed by atoms with van der Waals surface area (Å²) >= 11 is 0. The zero-order valence-corrected chi connectivity index (χ0v) is 7.40. The molecule has 0 amide bonds. The van der Waals surface area contributed by atoms with E-state index in [1.807, 2.05) is 0 Å². The summed E-state index contributed by atoms with van der Waals surface area (Å²) in [5, 5.41) is 0. The van der Waals surface area contributed by atoms with E-state index in [1.165, 1.54) is 25.7 Å². The topological polar surface area (TPSA) is 26.0 Å². The van der Waals surface area contributed by atoms with Crippen molar-refractivity contribution in [2.24, 2.45) is 11.7 Å². The van der Waals surface area contributed by atoms with Gasteiger partial charge in [0.25, 0.3) is 0 Å². The van der Waals surface area contributed by atoms with Crippen LogP contribution in [0.25, 0.3) is 0 Å². The molecule has 0 heterocycles. The summed E-state index contributed by atoms with van der Waals surface area (Å²) in [6, 6.07) is 0. The van der Waals surface area contributed by atoms with Crippen LogP contribution in [-0.2, 0) is 0 Å². The fourth-order valence-corrected chi connectivity index (χ4v) is 1.55. The fourth-order valence-electron chi connectivity index (χ4n) is 1.55. The standard InChI is InChI=1S/C11H15N/c12-10-6-2-1-3-7-11-8-4-5-9-11/h11H,4-5,7-10,12H2. The van der Waals surface area contributed by atoms with Gasteiger partial charge in [0.2, 0.25) is 0 Å². The second kappa shape index (κ2) is 5.70. The third-order valence-corrected chi connectivity index (χ3v) is 2.21. The second-order valence-electron chi connectivity index (χ2n) is 3.16. The zero-order valence-electron chi connectivity index (χ0n) is 7.40. The van der Waals surface area contributed by atoms with Crippen LogP contribution in [0.15, 0.2) is 0 Å². The molecule has 12 heavy (non-hydrogen) atoms. The van der Waals surface area contributed by atoms with Crippen molar-refractivity contribution < 1.29 is 0 Å². The van der Waals surface area contributed by atoms with E-state index in [1.54, 1.807) is 0 Å². The van der Waals surface area contributed by atoms with Gasteiger partial charge in [-0.25, -0.2) is 0 Å². The highest BCUT2D eigenvalue weighted by molar-refractivity contribution is 5.26. The molecule has 0 spiro atoms. The SMILES string of the molecule is NCC#CC#CCC1CCCC1. The predicted molar refractivity (Wildman–Crippen MR) is 51.2 cm³/mol. The van der Waals surface area contributed by atoms with Gasteiger partial charge in [0.15, 0.2) is 0 Å². The molecular formula is C11H15N. The highest BCUT2D eigenvalue weighted by Crippen LogP contribution is 2.26. The minimum Gasteiger partial charge on any atom is -0.320 e. The Balaban J connectivity index is 2.17. The van der Waals surface area contributed by atoms with Crippen LogP contribution in [0.4, 0.5) is 0 Å². The number of hydrogen-bond donors (Lipinski definition) is 1. The molecule has 1 rings (SSSR count). The van der Waals surface area contributed by atoms with Crippen LogP contribution >= 0.6 is 0 Å². The molecule has 2 N–H and O–H groups in total. The molecule has 0 bridgehead atoms. The van der Waals surface area contributed by atoms with Crippen molar-refractivity contribution >= 4 is 0 Å². The molecule has 1 nitrogen and oxygen atoms in total. The molecule has 0 aromatic rings. The van der Waals surface area contributed by atoms with Gasteiger partial charge >= 0.3 is 0 Å². The van der Waals surface area contributed by atoms with Crippen molar-refractivity contribution in [2.45, 2.75) is 32.1 Å². The molecule has 0 unspecified atom stereocenters. The van der Waals surface area contributed by atoms with Crippen molar-refractivity contribution in [2.75, 3.05) is 6.54 Å². The van der Waals surface area contributed by atoms with E-state index >= 15 is 0 Å². The summed E-state index contributed by atoms with van der Waals surface area (Å²) < 4.78 is 0. The van der Waals surface area contributed by atoms with Crippen molar-refractivity contribution in [3.05, 3.63) is 0 Å². The van der Waals surface area contributed by atoms with Gasteiger partial charge in [0, 0.05) is 6.42 Å². The van der Waals surface area contributed by atoms with Crippen molar-refractivity contribution in [3.8, 4) is 23.7 Å². The summed E-state index contributed by atoms with van der Waals surface area (Å²) in [6.45, 7) is 0.415.